The van der Waals surface area contributed by atoms with E-state index >= 15 is 0 Å². The van der Waals surface area contributed by atoms with Gasteiger partial charge in [0.25, 0.3) is 0 Å². The van der Waals surface area contributed by atoms with E-state index < -0.39 is 6.10 Å². The van der Waals surface area contributed by atoms with E-state index in [1.807, 2.05) is 59.8 Å². The van der Waals surface area contributed by atoms with E-state index in [1.165, 1.54) is 0 Å². The van der Waals surface area contributed by atoms with Crippen molar-refractivity contribution in [2.24, 2.45) is 0 Å². The number of hydrogen-bond acceptors (Lipinski definition) is 4. The van der Waals surface area contributed by atoms with Crippen LogP contribution < -0.4 is 0 Å². The molecule has 3 aromatic rings. The summed E-state index contributed by atoms with van der Waals surface area (Å²) in [5.41, 5.74) is 5.53. The van der Waals surface area contributed by atoms with E-state index in [2.05, 4.69) is 15.3 Å². The van der Waals surface area contributed by atoms with Crippen molar-refractivity contribution in [1.29, 1.82) is 0 Å². The summed E-state index contributed by atoms with van der Waals surface area (Å²) in [5.74, 6) is 0.123. The first kappa shape index (κ1) is 18.4. The molecular formula is C21H25N5O2. The molecule has 7 heteroatoms. The van der Waals surface area contributed by atoms with Gasteiger partial charge in [0.05, 0.1) is 30.2 Å². The molecular weight excluding hydrogens is 354 g/mol. The molecule has 0 saturated carbocycles. The third kappa shape index (κ3) is 3.57. The summed E-state index contributed by atoms with van der Waals surface area (Å²) < 4.78 is 1.90. The number of fused-ring (bicyclic) bond motifs is 1. The van der Waals surface area contributed by atoms with Gasteiger partial charge in [0.2, 0.25) is 5.91 Å². The number of aromatic nitrogens is 4. The van der Waals surface area contributed by atoms with Crippen LogP contribution in [0.4, 0.5) is 0 Å². The minimum absolute atomic E-state index is 0.123. The van der Waals surface area contributed by atoms with Gasteiger partial charge in [-0.2, -0.15) is 10.2 Å². The number of H-pyrrole nitrogens is 1. The zero-order chi connectivity index (χ0) is 19.7. The minimum Gasteiger partial charge on any atom is -0.382 e. The van der Waals surface area contributed by atoms with E-state index in [0.29, 0.717) is 38.2 Å². The molecule has 0 saturated heterocycles. The number of carbonyl (C=O) groups is 1. The van der Waals surface area contributed by atoms with Gasteiger partial charge >= 0.3 is 0 Å². The Balaban J connectivity index is 1.41. The molecule has 28 heavy (non-hydrogen) atoms. The predicted octanol–water partition coefficient (Wildman–Crippen LogP) is 2.28. The van der Waals surface area contributed by atoms with E-state index in [4.69, 9.17) is 0 Å². The highest BCUT2D eigenvalue weighted by Gasteiger charge is 2.24. The first-order valence-corrected chi connectivity index (χ1v) is 9.61. The monoisotopic (exact) mass is 379 g/mol. The molecule has 4 rings (SSSR count). The zero-order valence-electron chi connectivity index (χ0n) is 16.2. The van der Waals surface area contributed by atoms with Crippen molar-refractivity contribution in [3.05, 3.63) is 70.3 Å². The van der Waals surface area contributed by atoms with Gasteiger partial charge in [-0.3, -0.25) is 14.6 Å². The maximum Gasteiger partial charge on any atom is 0.223 e. The Hall–Kier alpha value is -2.93. The highest BCUT2D eigenvalue weighted by atomic mass is 16.3. The highest BCUT2D eigenvalue weighted by Crippen LogP contribution is 2.24. The lowest BCUT2D eigenvalue weighted by Gasteiger charge is -2.27. The van der Waals surface area contributed by atoms with Crippen molar-refractivity contribution < 1.29 is 9.90 Å². The van der Waals surface area contributed by atoms with Gasteiger partial charge in [-0.1, -0.05) is 30.3 Å². The Morgan fingerprint density at radius 2 is 2.04 bits per heavy atom. The van der Waals surface area contributed by atoms with Crippen LogP contribution in [0.25, 0.3) is 0 Å². The predicted molar refractivity (Wildman–Crippen MR) is 105 cm³/mol. The van der Waals surface area contributed by atoms with Crippen LogP contribution in [0.3, 0.4) is 0 Å². The van der Waals surface area contributed by atoms with Crippen molar-refractivity contribution in [2.75, 3.05) is 6.54 Å². The number of aliphatic hydroxyl groups excluding tert-OH is 1. The lowest BCUT2D eigenvalue weighted by Crippen LogP contribution is -2.38. The largest absolute Gasteiger partial charge is 0.382 e. The Morgan fingerprint density at radius 3 is 2.75 bits per heavy atom. The minimum atomic E-state index is -0.755. The van der Waals surface area contributed by atoms with Crippen LogP contribution in [0.15, 0.2) is 36.4 Å². The summed E-state index contributed by atoms with van der Waals surface area (Å²) in [4.78, 5) is 14.5. The van der Waals surface area contributed by atoms with Crippen LogP contribution in [0.5, 0.6) is 0 Å². The number of nitrogens with one attached hydrogen (secondary N) is 1. The van der Waals surface area contributed by atoms with E-state index in [-0.39, 0.29) is 5.91 Å². The SMILES string of the molecule is Cc1[nH]nc(CCC(=O)N2CCn3nc([C@@H](O)c4ccccc4)cc3C2)c1C. The molecule has 1 aromatic carbocycles. The number of aliphatic hydroxyl groups is 1. The molecule has 146 valence electrons. The number of aryl methyl sites for hydroxylation is 2. The second-order valence-corrected chi connectivity index (χ2v) is 7.33. The number of aromatic amines is 1. The summed E-state index contributed by atoms with van der Waals surface area (Å²) in [6.07, 6.45) is 0.330. The number of benzene rings is 1. The maximum atomic E-state index is 12.7. The van der Waals surface area contributed by atoms with Crippen LogP contribution in [0.2, 0.25) is 0 Å². The normalized spacial score (nSPS) is 14.8. The maximum absolute atomic E-state index is 12.7. The summed E-state index contributed by atoms with van der Waals surface area (Å²) in [6, 6.07) is 11.4. The standard InChI is InChI=1S/C21H25N5O2/c1-14-15(2)22-23-18(14)8-9-20(27)25-10-11-26-17(13-25)12-19(24-26)21(28)16-6-4-3-5-7-16/h3-7,12,21,28H,8-11,13H2,1-2H3,(H,22,23)/t21-/m0/s1. The van der Waals surface area contributed by atoms with Gasteiger partial charge in [-0.25, -0.2) is 0 Å². The second kappa shape index (κ2) is 7.59. The molecule has 2 aromatic heterocycles. The average molecular weight is 379 g/mol. The van der Waals surface area contributed by atoms with Gasteiger partial charge in [0.1, 0.15) is 6.10 Å². The van der Waals surface area contributed by atoms with Crippen molar-refractivity contribution in [2.45, 2.75) is 45.9 Å². The fourth-order valence-corrected chi connectivity index (χ4v) is 3.60. The van der Waals surface area contributed by atoms with Gasteiger partial charge in [0.15, 0.2) is 0 Å². The summed E-state index contributed by atoms with van der Waals surface area (Å²) in [6.45, 7) is 5.81. The molecule has 2 N–H and O–H groups in total. The molecule has 0 spiro atoms. The van der Waals surface area contributed by atoms with Crippen molar-refractivity contribution in [3.8, 4) is 0 Å². The van der Waals surface area contributed by atoms with E-state index in [9.17, 15) is 9.90 Å². The number of amides is 1. The topological polar surface area (TPSA) is 87.0 Å². The fraction of sp³-hybridized carbons (Fsp3) is 0.381. The zero-order valence-corrected chi connectivity index (χ0v) is 16.2. The second-order valence-electron chi connectivity index (χ2n) is 7.33. The van der Waals surface area contributed by atoms with Crippen molar-refractivity contribution in [1.82, 2.24) is 24.9 Å². The molecule has 3 heterocycles. The van der Waals surface area contributed by atoms with Crippen LogP contribution in [0.1, 0.15) is 46.4 Å². The average Bonchev–Trinajstić information content (AvgIpc) is 3.29. The van der Waals surface area contributed by atoms with Crippen molar-refractivity contribution in [3.63, 3.8) is 0 Å². The summed E-state index contributed by atoms with van der Waals surface area (Å²) in [5, 5.41) is 22.4. The molecule has 0 fully saturated rings. The number of carbonyl (C=O) groups excluding carboxylic acids is 1. The molecule has 7 nitrogen and oxygen atoms in total. The summed E-state index contributed by atoms with van der Waals surface area (Å²) in [7, 11) is 0. The number of rotatable bonds is 5. The van der Waals surface area contributed by atoms with E-state index in [1.54, 1.807) is 0 Å². The summed E-state index contributed by atoms with van der Waals surface area (Å²) >= 11 is 0. The van der Waals surface area contributed by atoms with Crippen LogP contribution >= 0.6 is 0 Å². The fourth-order valence-electron chi connectivity index (χ4n) is 3.60. The number of hydrogen-bond donors (Lipinski definition) is 2. The van der Waals surface area contributed by atoms with Gasteiger partial charge in [-0.15, -0.1) is 0 Å². The quantitative estimate of drug-likeness (QED) is 0.712. The van der Waals surface area contributed by atoms with Crippen molar-refractivity contribution >= 4 is 5.91 Å². The molecule has 1 atom stereocenters. The van der Waals surface area contributed by atoms with Crippen LogP contribution in [-0.2, 0) is 24.3 Å². The van der Waals surface area contributed by atoms with E-state index in [0.717, 1.165) is 28.2 Å². The number of nitrogens with zero attached hydrogens (tertiary/aromatic N) is 4. The first-order valence-electron chi connectivity index (χ1n) is 9.61. The molecule has 1 aliphatic rings. The molecule has 1 aliphatic heterocycles. The highest BCUT2D eigenvalue weighted by molar-refractivity contribution is 5.76. The molecule has 1 amide bonds. The molecule has 0 bridgehead atoms. The smallest absolute Gasteiger partial charge is 0.223 e. The third-order valence-corrected chi connectivity index (χ3v) is 5.49. The Labute approximate surface area is 164 Å². The molecule has 0 unspecified atom stereocenters. The van der Waals surface area contributed by atoms with Gasteiger partial charge in [-0.05, 0) is 31.0 Å². The van der Waals surface area contributed by atoms with Gasteiger partial charge < -0.3 is 10.0 Å². The lowest BCUT2D eigenvalue weighted by atomic mass is 10.1. The molecule has 0 radical (unpaired) electrons. The van der Waals surface area contributed by atoms with Gasteiger partial charge in [0, 0.05) is 25.1 Å². The third-order valence-electron chi connectivity index (χ3n) is 5.49. The molecule has 0 aliphatic carbocycles. The Bertz CT molecular complexity index is 976. The van der Waals surface area contributed by atoms with Crippen LogP contribution in [0, 0.1) is 13.8 Å². The van der Waals surface area contributed by atoms with Crippen LogP contribution in [-0.4, -0.2) is 42.4 Å². The lowest BCUT2D eigenvalue weighted by molar-refractivity contribution is -0.132. The Kier molecular flexibility index (Phi) is 5.00. The Morgan fingerprint density at radius 1 is 1.25 bits per heavy atom. The first-order chi connectivity index (χ1) is 13.5.